The van der Waals surface area contributed by atoms with Gasteiger partial charge in [0.25, 0.3) is 0 Å². The minimum absolute atomic E-state index is 0.00938. The van der Waals surface area contributed by atoms with Gasteiger partial charge in [0.05, 0.1) is 6.10 Å². The number of hydrogen-bond acceptors (Lipinski definition) is 2. The monoisotopic (exact) mass is 269 g/mol. The lowest BCUT2D eigenvalue weighted by Gasteiger charge is -2.41. The number of carbonyl (C=O) groups excluding carboxylic acids is 1. The van der Waals surface area contributed by atoms with Crippen LogP contribution in [-0.2, 0) is 4.79 Å². The Hall–Kier alpha value is -0.570. The summed E-state index contributed by atoms with van der Waals surface area (Å²) >= 11 is 0. The molecule has 0 aromatic rings. The zero-order chi connectivity index (χ0) is 14.6. The summed E-state index contributed by atoms with van der Waals surface area (Å²) in [4.78, 5) is 14.3. The molecule has 112 valence electrons. The average molecular weight is 269 g/mol. The number of rotatable bonds is 6. The van der Waals surface area contributed by atoms with Crippen molar-refractivity contribution in [3.8, 4) is 0 Å². The van der Waals surface area contributed by atoms with E-state index in [4.69, 9.17) is 0 Å². The molecule has 1 unspecified atom stereocenters. The number of β-amino-alcohol motifs (C(OH)–C–C–N with tert-alkyl or cyclic N) is 1. The van der Waals surface area contributed by atoms with E-state index in [1.807, 2.05) is 4.90 Å². The quantitative estimate of drug-likeness (QED) is 0.753. The molecule has 0 aromatic heterocycles. The predicted octanol–water partition coefficient (Wildman–Crippen LogP) is 3.07. The molecule has 3 heteroatoms. The zero-order valence-electron chi connectivity index (χ0n) is 13.3. The van der Waals surface area contributed by atoms with Crippen molar-refractivity contribution in [3.63, 3.8) is 0 Å². The van der Waals surface area contributed by atoms with Crippen LogP contribution >= 0.6 is 0 Å². The van der Waals surface area contributed by atoms with Gasteiger partial charge in [-0.15, -0.1) is 0 Å². The summed E-state index contributed by atoms with van der Waals surface area (Å²) in [5.41, 5.74) is 0.00938. The van der Waals surface area contributed by atoms with E-state index in [2.05, 4.69) is 34.6 Å². The van der Waals surface area contributed by atoms with Crippen molar-refractivity contribution in [1.82, 2.24) is 4.90 Å². The molecule has 0 aromatic carbocycles. The van der Waals surface area contributed by atoms with Gasteiger partial charge in [-0.2, -0.15) is 0 Å². The highest BCUT2D eigenvalue weighted by Crippen LogP contribution is 2.33. The van der Waals surface area contributed by atoms with E-state index in [1.165, 1.54) is 12.8 Å². The molecule has 1 fully saturated rings. The molecule has 1 amide bonds. The molecule has 1 aliphatic heterocycles. The number of carbonyl (C=O) groups is 1. The number of amides is 1. The minimum atomic E-state index is -0.300. The highest BCUT2D eigenvalue weighted by molar-refractivity contribution is 5.80. The number of unbranched alkanes of at least 4 members (excludes halogenated alkanes) is 1. The van der Waals surface area contributed by atoms with E-state index in [1.54, 1.807) is 0 Å². The first-order valence-electron chi connectivity index (χ1n) is 7.68. The second kappa shape index (κ2) is 6.74. The zero-order valence-corrected chi connectivity index (χ0v) is 13.3. The Labute approximate surface area is 118 Å². The number of aliphatic hydroxyl groups excluding tert-OH is 1. The van der Waals surface area contributed by atoms with Gasteiger partial charge in [0.15, 0.2) is 0 Å². The fourth-order valence-corrected chi connectivity index (χ4v) is 2.68. The maximum Gasteiger partial charge on any atom is 0.226 e. The summed E-state index contributed by atoms with van der Waals surface area (Å²) in [6.45, 7) is 12.0. The summed E-state index contributed by atoms with van der Waals surface area (Å²) in [5, 5.41) is 9.33. The lowest BCUT2D eigenvalue weighted by atomic mass is 9.76. The summed E-state index contributed by atoms with van der Waals surface area (Å²) in [5.74, 6) is 1.07. The largest absolute Gasteiger partial charge is 0.389 e. The predicted molar refractivity (Wildman–Crippen MR) is 78.8 cm³/mol. The van der Waals surface area contributed by atoms with Crippen molar-refractivity contribution in [2.75, 3.05) is 13.1 Å². The van der Waals surface area contributed by atoms with Crippen molar-refractivity contribution in [1.29, 1.82) is 0 Å². The van der Waals surface area contributed by atoms with Gasteiger partial charge in [0.1, 0.15) is 0 Å². The summed E-state index contributed by atoms with van der Waals surface area (Å²) in [6.07, 6.45) is 4.25. The minimum Gasteiger partial charge on any atom is -0.389 e. The van der Waals surface area contributed by atoms with E-state index in [0.717, 1.165) is 18.8 Å². The van der Waals surface area contributed by atoms with Gasteiger partial charge in [-0.05, 0) is 17.8 Å². The summed E-state index contributed by atoms with van der Waals surface area (Å²) < 4.78 is 0. The first kappa shape index (κ1) is 16.5. The second-order valence-corrected chi connectivity index (χ2v) is 7.49. The van der Waals surface area contributed by atoms with E-state index in [9.17, 15) is 9.90 Å². The van der Waals surface area contributed by atoms with E-state index >= 15 is 0 Å². The Morgan fingerprint density at radius 1 is 1.21 bits per heavy atom. The number of nitrogens with zero attached hydrogens (tertiary/aromatic N) is 1. The van der Waals surface area contributed by atoms with Gasteiger partial charge in [-0.3, -0.25) is 4.79 Å². The molecule has 1 N–H and O–H groups in total. The maximum absolute atomic E-state index is 12.5. The Balaban J connectivity index is 2.46. The molecule has 0 aliphatic carbocycles. The van der Waals surface area contributed by atoms with Gasteiger partial charge in [-0.1, -0.05) is 53.9 Å². The molecule has 1 atom stereocenters. The van der Waals surface area contributed by atoms with E-state index in [0.29, 0.717) is 13.1 Å². The number of aliphatic hydroxyl groups is 1. The van der Waals surface area contributed by atoms with Crippen LogP contribution in [0.4, 0.5) is 0 Å². The van der Waals surface area contributed by atoms with Gasteiger partial charge < -0.3 is 10.0 Å². The van der Waals surface area contributed by atoms with Crippen LogP contribution in [0.25, 0.3) is 0 Å². The third kappa shape index (κ3) is 5.13. The van der Waals surface area contributed by atoms with Crippen molar-refractivity contribution in [3.05, 3.63) is 0 Å². The van der Waals surface area contributed by atoms with Gasteiger partial charge >= 0.3 is 0 Å². The van der Waals surface area contributed by atoms with Crippen LogP contribution in [0.15, 0.2) is 0 Å². The van der Waals surface area contributed by atoms with Crippen LogP contribution in [0.1, 0.15) is 60.3 Å². The van der Waals surface area contributed by atoms with Crippen LogP contribution < -0.4 is 0 Å². The fourth-order valence-electron chi connectivity index (χ4n) is 2.68. The highest BCUT2D eigenvalue weighted by Gasteiger charge is 2.38. The SMILES string of the molecule is CC(C)CCCCC(C(=O)N1CC(O)C1)C(C)(C)C. The van der Waals surface area contributed by atoms with Crippen LogP contribution in [-0.4, -0.2) is 35.1 Å². The number of likely N-dealkylation sites (tertiary alicyclic amines) is 1. The average Bonchev–Trinajstić information content (AvgIpc) is 2.21. The van der Waals surface area contributed by atoms with Crippen molar-refractivity contribution in [2.45, 2.75) is 66.4 Å². The molecule has 0 spiro atoms. The second-order valence-electron chi connectivity index (χ2n) is 7.49. The molecule has 1 heterocycles. The Bertz CT molecular complexity index is 288. The van der Waals surface area contributed by atoms with Crippen LogP contribution in [0.2, 0.25) is 0 Å². The van der Waals surface area contributed by atoms with E-state index < -0.39 is 0 Å². The third-order valence-corrected chi connectivity index (χ3v) is 4.04. The van der Waals surface area contributed by atoms with Gasteiger partial charge in [0, 0.05) is 19.0 Å². The van der Waals surface area contributed by atoms with Crippen molar-refractivity contribution in [2.24, 2.45) is 17.3 Å². The Morgan fingerprint density at radius 2 is 1.74 bits per heavy atom. The molecule has 1 saturated heterocycles. The highest BCUT2D eigenvalue weighted by atomic mass is 16.3. The third-order valence-electron chi connectivity index (χ3n) is 4.04. The molecule has 19 heavy (non-hydrogen) atoms. The molecule has 0 bridgehead atoms. The van der Waals surface area contributed by atoms with Gasteiger partial charge in [0.2, 0.25) is 5.91 Å². The Morgan fingerprint density at radius 3 is 2.16 bits per heavy atom. The van der Waals surface area contributed by atoms with Crippen LogP contribution in [0.3, 0.4) is 0 Å². The molecule has 0 radical (unpaired) electrons. The first-order valence-corrected chi connectivity index (χ1v) is 7.68. The van der Waals surface area contributed by atoms with Crippen LogP contribution in [0, 0.1) is 17.3 Å². The maximum atomic E-state index is 12.5. The summed E-state index contributed by atoms with van der Waals surface area (Å²) in [6, 6.07) is 0. The standard InChI is InChI=1S/C16H31NO2/c1-12(2)8-6-7-9-14(16(3,4)5)15(19)17-10-13(18)11-17/h12-14,18H,6-11H2,1-5H3. The smallest absolute Gasteiger partial charge is 0.226 e. The Kier molecular flexibility index (Phi) is 5.84. The lowest BCUT2D eigenvalue weighted by molar-refractivity contribution is -0.149. The van der Waals surface area contributed by atoms with E-state index in [-0.39, 0.29) is 23.3 Å². The lowest BCUT2D eigenvalue weighted by Crippen LogP contribution is -2.56. The molecular weight excluding hydrogens is 238 g/mol. The normalized spacial score (nSPS) is 18.6. The first-order chi connectivity index (χ1) is 8.71. The van der Waals surface area contributed by atoms with Crippen molar-refractivity contribution < 1.29 is 9.90 Å². The van der Waals surface area contributed by atoms with Gasteiger partial charge in [-0.25, -0.2) is 0 Å². The van der Waals surface area contributed by atoms with Crippen molar-refractivity contribution >= 4 is 5.91 Å². The van der Waals surface area contributed by atoms with Crippen LogP contribution in [0.5, 0.6) is 0 Å². The number of hydrogen-bond donors (Lipinski definition) is 1. The molecule has 1 rings (SSSR count). The molecule has 3 nitrogen and oxygen atoms in total. The molecule has 0 saturated carbocycles. The molecule has 1 aliphatic rings. The topological polar surface area (TPSA) is 40.5 Å². The fraction of sp³-hybridized carbons (Fsp3) is 0.938. The molecular formula is C16H31NO2. The summed E-state index contributed by atoms with van der Waals surface area (Å²) in [7, 11) is 0.